The Morgan fingerprint density at radius 1 is 0.556 bits per heavy atom. The zero-order chi connectivity index (χ0) is 24.2. The molecule has 166 valence electrons. The van der Waals surface area contributed by atoms with E-state index in [-0.39, 0.29) is 0 Å². The molecule has 0 spiro atoms. The fraction of sp³-hybridized carbons (Fsp3) is 0. The molecule has 0 amide bonds. The van der Waals surface area contributed by atoms with Crippen molar-refractivity contribution in [3.63, 3.8) is 0 Å². The molecule has 2 heterocycles. The highest BCUT2D eigenvalue weighted by Crippen LogP contribution is 2.36. The normalized spacial score (nSPS) is 11.3. The number of aromatic nitrogens is 2. The molecular weight excluding hydrogens is 440 g/mol. The number of nitriles is 1. The summed E-state index contributed by atoms with van der Waals surface area (Å²) in [4.78, 5) is 3.63. The van der Waals surface area contributed by atoms with Crippen LogP contribution in [0.2, 0.25) is 0 Å². The van der Waals surface area contributed by atoms with E-state index in [1.165, 1.54) is 0 Å². The van der Waals surface area contributed by atoms with Gasteiger partial charge in [-0.1, -0.05) is 42.5 Å². The molecule has 0 atom stereocenters. The molecule has 7 aromatic rings. The van der Waals surface area contributed by atoms with Crippen LogP contribution >= 0.6 is 0 Å². The number of rotatable bonds is 2. The van der Waals surface area contributed by atoms with Gasteiger partial charge in [0.2, 0.25) is 0 Å². The van der Waals surface area contributed by atoms with E-state index in [1.54, 1.807) is 0 Å². The Morgan fingerprint density at radius 2 is 1.06 bits per heavy atom. The van der Waals surface area contributed by atoms with Crippen LogP contribution in [0.1, 0.15) is 5.56 Å². The van der Waals surface area contributed by atoms with Crippen molar-refractivity contribution in [2.24, 2.45) is 0 Å². The molecule has 0 aliphatic heterocycles. The molecule has 0 saturated carbocycles. The SMILES string of the molecule is [C-]#[N+]c1ccc2c(c1)c1ccccc1n2-c1ccc(-n2c3ccccc3c3cc(C#N)ccc32)cc1. The Hall–Kier alpha value is -5.32. The van der Waals surface area contributed by atoms with Crippen molar-refractivity contribution >= 4 is 49.3 Å². The minimum atomic E-state index is 0.645. The van der Waals surface area contributed by atoms with Crippen molar-refractivity contribution in [2.45, 2.75) is 0 Å². The van der Waals surface area contributed by atoms with E-state index in [9.17, 15) is 5.26 Å². The minimum Gasteiger partial charge on any atom is -0.309 e. The van der Waals surface area contributed by atoms with Crippen molar-refractivity contribution in [3.8, 4) is 17.4 Å². The lowest BCUT2D eigenvalue weighted by molar-refractivity contribution is 1.14. The van der Waals surface area contributed by atoms with Gasteiger partial charge in [0.1, 0.15) is 0 Å². The lowest BCUT2D eigenvalue weighted by Crippen LogP contribution is -1.97. The van der Waals surface area contributed by atoms with Gasteiger partial charge < -0.3 is 9.13 Å². The highest BCUT2D eigenvalue weighted by Gasteiger charge is 2.15. The zero-order valence-electron chi connectivity index (χ0n) is 19.2. The number of hydrogen-bond donors (Lipinski definition) is 0. The van der Waals surface area contributed by atoms with Gasteiger partial charge >= 0.3 is 0 Å². The molecule has 0 unspecified atom stereocenters. The first kappa shape index (κ1) is 20.1. The molecule has 4 heteroatoms. The van der Waals surface area contributed by atoms with Crippen LogP contribution in [0.25, 0.3) is 59.8 Å². The van der Waals surface area contributed by atoms with Crippen molar-refractivity contribution in [1.82, 2.24) is 9.13 Å². The maximum Gasteiger partial charge on any atom is 0.188 e. The molecule has 0 saturated heterocycles. The van der Waals surface area contributed by atoms with Gasteiger partial charge in [-0.05, 0) is 72.1 Å². The highest BCUT2D eigenvalue weighted by atomic mass is 15.0. The number of hydrogen-bond acceptors (Lipinski definition) is 1. The highest BCUT2D eigenvalue weighted by molar-refractivity contribution is 6.11. The third-order valence-electron chi connectivity index (χ3n) is 6.95. The van der Waals surface area contributed by atoms with Crippen LogP contribution in [0.5, 0.6) is 0 Å². The minimum absolute atomic E-state index is 0.645. The summed E-state index contributed by atoms with van der Waals surface area (Å²) < 4.78 is 4.51. The van der Waals surface area contributed by atoms with Crippen molar-refractivity contribution in [2.75, 3.05) is 0 Å². The molecule has 0 radical (unpaired) electrons. The molecule has 7 rings (SSSR count). The van der Waals surface area contributed by atoms with E-state index in [4.69, 9.17) is 6.57 Å². The van der Waals surface area contributed by atoms with Crippen molar-refractivity contribution in [1.29, 1.82) is 5.26 Å². The summed E-state index contributed by atoms with van der Waals surface area (Å²) in [5, 5.41) is 13.8. The lowest BCUT2D eigenvalue weighted by atomic mass is 10.1. The molecule has 0 bridgehead atoms. The maximum atomic E-state index is 9.42. The van der Waals surface area contributed by atoms with Crippen molar-refractivity contribution < 1.29 is 0 Å². The van der Waals surface area contributed by atoms with Crippen LogP contribution in [0, 0.1) is 17.9 Å². The Labute approximate surface area is 207 Å². The summed E-state index contributed by atoms with van der Waals surface area (Å²) in [6.45, 7) is 7.43. The van der Waals surface area contributed by atoms with Crippen LogP contribution in [-0.2, 0) is 0 Å². The first-order chi connectivity index (χ1) is 17.8. The predicted molar refractivity (Wildman–Crippen MR) is 146 cm³/mol. The van der Waals surface area contributed by atoms with Crippen LogP contribution in [0.15, 0.2) is 109 Å². The Morgan fingerprint density at radius 3 is 1.61 bits per heavy atom. The Bertz CT molecular complexity index is 1910. The smallest absolute Gasteiger partial charge is 0.188 e. The third-order valence-corrected chi connectivity index (χ3v) is 6.95. The third kappa shape index (κ3) is 2.79. The summed E-state index contributed by atoms with van der Waals surface area (Å²) in [5.74, 6) is 0. The van der Waals surface area contributed by atoms with Gasteiger partial charge in [0.05, 0.1) is 40.3 Å². The average Bonchev–Trinajstić information content (AvgIpc) is 3.45. The molecule has 0 aliphatic rings. The van der Waals surface area contributed by atoms with Gasteiger partial charge in [0, 0.05) is 27.5 Å². The van der Waals surface area contributed by atoms with Crippen LogP contribution in [-0.4, -0.2) is 9.13 Å². The summed E-state index contributed by atoms with van der Waals surface area (Å²) in [6, 6.07) is 39.3. The van der Waals surface area contributed by atoms with Gasteiger partial charge in [-0.2, -0.15) is 5.26 Å². The number of nitrogens with zero attached hydrogens (tertiary/aromatic N) is 4. The topological polar surface area (TPSA) is 38.0 Å². The number of para-hydroxylation sites is 2. The van der Waals surface area contributed by atoms with Crippen LogP contribution in [0.4, 0.5) is 5.69 Å². The summed E-state index contributed by atoms with van der Waals surface area (Å²) in [5.41, 5.74) is 7.81. The van der Waals surface area contributed by atoms with Crippen LogP contribution in [0.3, 0.4) is 0 Å². The zero-order valence-corrected chi connectivity index (χ0v) is 19.2. The standard InChI is InChI=1S/C32H18N4/c1-34-22-11-17-32-28(19-22)26-7-3-5-9-30(26)36(32)24-14-12-23(13-15-24)35-29-8-4-2-6-25(29)27-18-21(20-33)10-16-31(27)35/h2-19H. The van der Waals surface area contributed by atoms with Crippen LogP contribution < -0.4 is 0 Å². The van der Waals surface area contributed by atoms with E-state index in [2.05, 4.69) is 74.6 Å². The molecule has 0 aliphatic carbocycles. The number of benzene rings is 5. The van der Waals surface area contributed by atoms with E-state index >= 15 is 0 Å². The average molecular weight is 459 g/mol. The number of fused-ring (bicyclic) bond motifs is 6. The largest absolute Gasteiger partial charge is 0.309 e. The van der Waals surface area contributed by atoms with Gasteiger partial charge in [0.15, 0.2) is 5.69 Å². The second-order valence-electron chi connectivity index (χ2n) is 8.88. The van der Waals surface area contributed by atoms with Gasteiger partial charge in [-0.25, -0.2) is 4.85 Å². The Kier molecular flexibility index (Phi) is 4.24. The second-order valence-corrected chi connectivity index (χ2v) is 8.88. The summed E-state index contributed by atoms with van der Waals surface area (Å²) in [6.07, 6.45) is 0. The van der Waals surface area contributed by atoms with E-state index in [0.717, 1.165) is 55.0 Å². The van der Waals surface area contributed by atoms with Gasteiger partial charge in [-0.15, -0.1) is 0 Å². The first-order valence-corrected chi connectivity index (χ1v) is 11.7. The fourth-order valence-corrected chi connectivity index (χ4v) is 5.38. The second kappa shape index (κ2) is 7.60. The van der Waals surface area contributed by atoms with E-state index < -0.39 is 0 Å². The monoisotopic (exact) mass is 458 g/mol. The summed E-state index contributed by atoms with van der Waals surface area (Å²) in [7, 11) is 0. The lowest BCUT2D eigenvalue weighted by Gasteiger charge is -2.11. The first-order valence-electron chi connectivity index (χ1n) is 11.7. The summed E-state index contributed by atoms with van der Waals surface area (Å²) >= 11 is 0. The maximum absolute atomic E-state index is 9.42. The van der Waals surface area contributed by atoms with Gasteiger partial charge in [0.25, 0.3) is 0 Å². The van der Waals surface area contributed by atoms with Crippen molar-refractivity contribution in [3.05, 3.63) is 126 Å². The Balaban J connectivity index is 1.45. The molecule has 5 aromatic carbocycles. The van der Waals surface area contributed by atoms with Gasteiger partial charge in [-0.3, -0.25) is 0 Å². The molecule has 4 nitrogen and oxygen atoms in total. The molecular formula is C32H18N4. The van der Waals surface area contributed by atoms with E-state index in [1.807, 2.05) is 54.6 Å². The molecule has 0 fully saturated rings. The quantitative estimate of drug-likeness (QED) is 0.240. The molecule has 2 aromatic heterocycles. The predicted octanol–water partition coefficient (Wildman–Crippen LogP) is 8.30. The molecule has 0 N–H and O–H groups in total. The van der Waals surface area contributed by atoms with E-state index in [0.29, 0.717) is 11.3 Å². The fourth-order valence-electron chi connectivity index (χ4n) is 5.38. The molecule has 36 heavy (non-hydrogen) atoms.